The second-order valence-electron chi connectivity index (χ2n) is 4.56. The molecule has 0 aliphatic rings. The standard InChI is InChI=1S/C15H15BrCl2N2/c1-3-9(4-2)15-19-13(17)12(14(18)20-15)10-6-5-7-11(16)8-10/h5-9H,3-4H2,1-2H3. The average Bonchev–Trinajstić information content (AvgIpc) is 2.39. The fraction of sp³-hybridized carbons (Fsp3) is 0.333. The highest BCUT2D eigenvalue weighted by Gasteiger charge is 2.17. The summed E-state index contributed by atoms with van der Waals surface area (Å²) in [5.74, 6) is 1.02. The minimum absolute atomic E-state index is 0.293. The van der Waals surface area contributed by atoms with Crippen LogP contribution in [0.2, 0.25) is 10.3 Å². The zero-order valence-electron chi connectivity index (χ0n) is 11.3. The number of hydrogen-bond acceptors (Lipinski definition) is 2. The van der Waals surface area contributed by atoms with Crippen LogP contribution in [0.25, 0.3) is 11.1 Å². The number of aromatic nitrogens is 2. The number of rotatable bonds is 4. The number of halogens is 3. The van der Waals surface area contributed by atoms with Gasteiger partial charge in [0, 0.05) is 10.4 Å². The van der Waals surface area contributed by atoms with Crippen molar-refractivity contribution in [2.75, 3.05) is 0 Å². The summed E-state index contributed by atoms with van der Waals surface area (Å²) >= 11 is 16.1. The zero-order chi connectivity index (χ0) is 14.7. The van der Waals surface area contributed by atoms with Crippen LogP contribution in [0.4, 0.5) is 0 Å². The molecule has 0 spiro atoms. The van der Waals surface area contributed by atoms with Crippen molar-refractivity contribution in [3.63, 3.8) is 0 Å². The van der Waals surface area contributed by atoms with Gasteiger partial charge < -0.3 is 0 Å². The Balaban J connectivity index is 2.51. The van der Waals surface area contributed by atoms with Crippen LogP contribution < -0.4 is 0 Å². The van der Waals surface area contributed by atoms with E-state index in [2.05, 4.69) is 39.7 Å². The first-order valence-corrected chi connectivity index (χ1v) is 8.10. The quantitative estimate of drug-likeness (QED) is 0.603. The largest absolute Gasteiger partial charge is 0.220 e. The van der Waals surface area contributed by atoms with Crippen LogP contribution >= 0.6 is 39.1 Å². The van der Waals surface area contributed by atoms with Crippen LogP contribution in [-0.4, -0.2) is 9.97 Å². The molecular formula is C15H15BrCl2N2. The van der Waals surface area contributed by atoms with E-state index < -0.39 is 0 Å². The average molecular weight is 374 g/mol. The van der Waals surface area contributed by atoms with Crippen molar-refractivity contribution < 1.29 is 0 Å². The van der Waals surface area contributed by atoms with Crippen LogP contribution in [0.5, 0.6) is 0 Å². The summed E-state index contributed by atoms with van der Waals surface area (Å²) in [7, 11) is 0. The summed E-state index contributed by atoms with van der Waals surface area (Å²) in [6.45, 7) is 4.23. The molecule has 0 unspecified atom stereocenters. The maximum Gasteiger partial charge on any atom is 0.142 e. The highest BCUT2D eigenvalue weighted by molar-refractivity contribution is 9.10. The van der Waals surface area contributed by atoms with E-state index in [1.165, 1.54) is 0 Å². The highest BCUT2D eigenvalue weighted by atomic mass is 79.9. The predicted molar refractivity (Wildman–Crippen MR) is 88.5 cm³/mol. The summed E-state index contributed by atoms with van der Waals surface area (Å²) in [6, 6.07) is 7.77. The summed E-state index contributed by atoms with van der Waals surface area (Å²) < 4.78 is 0.964. The van der Waals surface area contributed by atoms with E-state index in [1.54, 1.807) is 0 Å². The molecule has 2 nitrogen and oxygen atoms in total. The van der Waals surface area contributed by atoms with Crippen molar-refractivity contribution in [3.05, 3.63) is 44.9 Å². The smallest absolute Gasteiger partial charge is 0.142 e. The summed E-state index contributed by atoms with van der Waals surface area (Å²) in [4.78, 5) is 8.87. The third-order valence-electron chi connectivity index (χ3n) is 3.30. The maximum atomic E-state index is 6.33. The lowest BCUT2D eigenvalue weighted by Crippen LogP contribution is -2.04. The van der Waals surface area contributed by atoms with Gasteiger partial charge in [-0.05, 0) is 30.5 Å². The lowest BCUT2D eigenvalue weighted by molar-refractivity contribution is 0.602. The van der Waals surface area contributed by atoms with Crippen molar-refractivity contribution in [2.45, 2.75) is 32.6 Å². The van der Waals surface area contributed by atoms with Crippen molar-refractivity contribution in [1.82, 2.24) is 9.97 Å². The molecule has 2 aromatic rings. The van der Waals surface area contributed by atoms with E-state index in [9.17, 15) is 0 Å². The van der Waals surface area contributed by atoms with Gasteiger partial charge in [0.25, 0.3) is 0 Å². The third kappa shape index (κ3) is 3.33. The zero-order valence-corrected chi connectivity index (χ0v) is 14.4. The van der Waals surface area contributed by atoms with E-state index in [1.807, 2.05) is 24.3 Å². The van der Waals surface area contributed by atoms with Gasteiger partial charge in [-0.1, -0.05) is 65.1 Å². The molecule has 106 valence electrons. The first kappa shape index (κ1) is 15.7. The summed E-state index contributed by atoms with van der Waals surface area (Å²) in [6.07, 6.45) is 1.94. The first-order valence-electron chi connectivity index (χ1n) is 6.55. The van der Waals surface area contributed by atoms with Crippen LogP contribution in [0.3, 0.4) is 0 Å². The van der Waals surface area contributed by atoms with Crippen molar-refractivity contribution in [3.8, 4) is 11.1 Å². The summed E-state index contributed by atoms with van der Waals surface area (Å²) in [5.41, 5.74) is 1.59. The van der Waals surface area contributed by atoms with Crippen LogP contribution in [0, 0.1) is 0 Å². The molecule has 0 amide bonds. The summed E-state index contributed by atoms with van der Waals surface area (Å²) in [5, 5.41) is 0.815. The minimum atomic E-state index is 0.293. The molecule has 0 saturated carbocycles. The number of hydrogen-bond donors (Lipinski definition) is 0. The Hall–Kier alpha value is -0.640. The van der Waals surface area contributed by atoms with E-state index in [0.29, 0.717) is 21.8 Å². The molecular weight excluding hydrogens is 359 g/mol. The molecule has 0 N–H and O–H groups in total. The fourth-order valence-corrected chi connectivity index (χ4v) is 3.16. The monoisotopic (exact) mass is 372 g/mol. The van der Waals surface area contributed by atoms with Gasteiger partial charge in [-0.3, -0.25) is 0 Å². The topological polar surface area (TPSA) is 25.8 Å². The maximum absolute atomic E-state index is 6.33. The third-order valence-corrected chi connectivity index (χ3v) is 4.34. The van der Waals surface area contributed by atoms with E-state index in [-0.39, 0.29) is 0 Å². The van der Waals surface area contributed by atoms with Gasteiger partial charge in [0.15, 0.2) is 0 Å². The van der Waals surface area contributed by atoms with Crippen molar-refractivity contribution in [2.24, 2.45) is 0 Å². The number of benzene rings is 1. The Morgan fingerprint density at radius 1 is 1.10 bits per heavy atom. The van der Waals surface area contributed by atoms with Gasteiger partial charge >= 0.3 is 0 Å². The Morgan fingerprint density at radius 3 is 2.20 bits per heavy atom. The number of nitrogens with zero attached hydrogens (tertiary/aromatic N) is 2. The SMILES string of the molecule is CCC(CC)c1nc(Cl)c(-c2cccc(Br)c2)c(Cl)n1. The first-order chi connectivity index (χ1) is 9.56. The molecule has 1 aromatic heterocycles. The van der Waals surface area contributed by atoms with Crippen molar-refractivity contribution >= 4 is 39.1 Å². The lowest BCUT2D eigenvalue weighted by Gasteiger charge is -2.14. The molecule has 0 aliphatic heterocycles. The Morgan fingerprint density at radius 2 is 1.70 bits per heavy atom. The second-order valence-corrected chi connectivity index (χ2v) is 6.19. The molecule has 1 aromatic carbocycles. The Kier molecular flexibility index (Phi) is 5.42. The fourth-order valence-electron chi connectivity index (χ4n) is 2.14. The van der Waals surface area contributed by atoms with Crippen LogP contribution in [0.1, 0.15) is 38.4 Å². The van der Waals surface area contributed by atoms with E-state index in [4.69, 9.17) is 23.2 Å². The normalized spacial score (nSPS) is 11.1. The molecule has 0 atom stereocenters. The molecule has 0 aliphatic carbocycles. The molecule has 0 fully saturated rings. The van der Waals surface area contributed by atoms with Gasteiger partial charge in [-0.15, -0.1) is 0 Å². The predicted octanol–water partition coefficient (Wildman–Crippen LogP) is 6.12. The molecule has 0 radical (unpaired) electrons. The Labute approximate surface area is 137 Å². The highest BCUT2D eigenvalue weighted by Crippen LogP contribution is 2.35. The molecule has 1 heterocycles. The van der Waals surface area contributed by atoms with Gasteiger partial charge in [0.1, 0.15) is 16.1 Å². The second kappa shape index (κ2) is 6.88. The van der Waals surface area contributed by atoms with Gasteiger partial charge in [0.05, 0.1) is 5.56 Å². The minimum Gasteiger partial charge on any atom is -0.220 e. The van der Waals surface area contributed by atoms with Gasteiger partial charge in [-0.2, -0.15) is 0 Å². The van der Waals surface area contributed by atoms with Gasteiger partial charge in [0.2, 0.25) is 0 Å². The van der Waals surface area contributed by atoms with E-state index >= 15 is 0 Å². The van der Waals surface area contributed by atoms with Crippen LogP contribution in [0.15, 0.2) is 28.7 Å². The Bertz CT molecular complexity index is 590. The molecule has 5 heteroatoms. The lowest BCUT2D eigenvalue weighted by atomic mass is 10.0. The molecule has 0 bridgehead atoms. The van der Waals surface area contributed by atoms with Gasteiger partial charge in [-0.25, -0.2) is 9.97 Å². The molecule has 20 heavy (non-hydrogen) atoms. The molecule has 2 rings (SSSR count). The van der Waals surface area contributed by atoms with Crippen molar-refractivity contribution in [1.29, 1.82) is 0 Å². The molecule has 0 saturated heterocycles. The van der Waals surface area contributed by atoms with Crippen LogP contribution in [-0.2, 0) is 0 Å². The van der Waals surface area contributed by atoms with E-state index in [0.717, 1.165) is 28.7 Å².